The van der Waals surface area contributed by atoms with E-state index in [1.807, 2.05) is 6.07 Å². The van der Waals surface area contributed by atoms with E-state index in [0.29, 0.717) is 28.5 Å². The fourth-order valence-corrected chi connectivity index (χ4v) is 2.10. The molecule has 2 aromatic carbocycles. The van der Waals surface area contributed by atoms with Crippen LogP contribution >= 0.6 is 0 Å². The van der Waals surface area contributed by atoms with Gasteiger partial charge in [0, 0.05) is 12.1 Å². The van der Waals surface area contributed by atoms with E-state index < -0.39 is 5.91 Å². The van der Waals surface area contributed by atoms with Gasteiger partial charge in [-0.3, -0.25) is 4.79 Å². The molecule has 0 aliphatic rings. The molecule has 0 unspecified atom stereocenters. The molecule has 0 spiro atoms. The average Bonchev–Trinajstić information content (AvgIpc) is 2.60. The summed E-state index contributed by atoms with van der Waals surface area (Å²) in [5.41, 5.74) is 1.01. The minimum Gasteiger partial charge on any atom is -0.496 e. The highest BCUT2D eigenvalue weighted by atomic mass is 16.5. The zero-order valence-corrected chi connectivity index (χ0v) is 13.0. The Morgan fingerprint density at radius 3 is 2.17 bits per heavy atom. The number of carbonyl (C=O) groups excluding carboxylic acids is 1. The van der Waals surface area contributed by atoms with Crippen LogP contribution in [0.1, 0.15) is 15.9 Å². The van der Waals surface area contributed by atoms with Crippen LogP contribution in [-0.2, 0) is 0 Å². The third-order valence-electron chi connectivity index (χ3n) is 3.24. The molecule has 6 nitrogen and oxygen atoms in total. The standard InChI is InChI=1S/C17H16N2O4/c1-21-12-8-14(22-2)16(15(9-12)23-3)17(20)19-13-7-5-4-6-11(13)10-18/h4-9H,1-3H3,(H,19,20). The van der Waals surface area contributed by atoms with E-state index in [9.17, 15) is 4.79 Å². The second kappa shape index (κ2) is 7.18. The first-order valence-electron chi connectivity index (χ1n) is 6.75. The van der Waals surface area contributed by atoms with E-state index in [2.05, 4.69) is 5.32 Å². The summed E-state index contributed by atoms with van der Waals surface area (Å²) in [4.78, 5) is 12.6. The van der Waals surface area contributed by atoms with E-state index in [4.69, 9.17) is 19.5 Å². The number of anilines is 1. The largest absolute Gasteiger partial charge is 0.496 e. The van der Waals surface area contributed by atoms with Crippen LogP contribution in [0.25, 0.3) is 0 Å². The van der Waals surface area contributed by atoms with Crippen molar-refractivity contribution in [2.24, 2.45) is 0 Å². The molecular formula is C17H16N2O4. The van der Waals surface area contributed by atoms with Crippen molar-refractivity contribution >= 4 is 11.6 Å². The highest BCUT2D eigenvalue weighted by Gasteiger charge is 2.21. The third kappa shape index (κ3) is 3.35. The number of benzene rings is 2. The molecule has 0 aliphatic carbocycles. The molecule has 23 heavy (non-hydrogen) atoms. The molecule has 0 radical (unpaired) electrons. The van der Waals surface area contributed by atoms with Crippen LogP contribution in [0.3, 0.4) is 0 Å². The summed E-state index contributed by atoms with van der Waals surface area (Å²) in [6.45, 7) is 0. The predicted octanol–water partition coefficient (Wildman–Crippen LogP) is 2.84. The number of rotatable bonds is 5. The molecule has 2 rings (SSSR count). The highest BCUT2D eigenvalue weighted by molar-refractivity contribution is 6.09. The second-order valence-corrected chi connectivity index (χ2v) is 4.52. The number of carbonyl (C=O) groups is 1. The molecule has 0 saturated carbocycles. The lowest BCUT2D eigenvalue weighted by Gasteiger charge is -2.15. The SMILES string of the molecule is COc1cc(OC)c(C(=O)Nc2ccccc2C#N)c(OC)c1. The average molecular weight is 312 g/mol. The summed E-state index contributed by atoms with van der Waals surface area (Å²) in [7, 11) is 4.42. The Bertz CT molecular complexity index is 740. The highest BCUT2D eigenvalue weighted by Crippen LogP contribution is 2.34. The Morgan fingerprint density at radius 2 is 1.65 bits per heavy atom. The molecule has 0 aromatic heterocycles. The van der Waals surface area contributed by atoms with Gasteiger partial charge in [0.2, 0.25) is 0 Å². The van der Waals surface area contributed by atoms with Crippen molar-refractivity contribution in [3.63, 3.8) is 0 Å². The zero-order chi connectivity index (χ0) is 16.8. The number of para-hydroxylation sites is 1. The lowest BCUT2D eigenvalue weighted by molar-refractivity contribution is 0.102. The molecule has 0 saturated heterocycles. The van der Waals surface area contributed by atoms with Gasteiger partial charge in [-0.1, -0.05) is 12.1 Å². The van der Waals surface area contributed by atoms with Crippen molar-refractivity contribution in [2.75, 3.05) is 26.6 Å². The Kier molecular flexibility index (Phi) is 5.05. The van der Waals surface area contributed by atoms with Crippen LogP contribution in [0.15, 0.2) is 36.4 Å². The smallest absolute Gasteiger partial charge is 0.263 e. The molecule has 0 aliphatic heterocycles. The molecular weight excluding hydrogens is 296 g/mol. The van der Waals surface area contributed by atoms with Crippen LogP contribution < -0.4 is 19.5 Å². The van der Waals surface area contributed by atoms with Gasteiger partial charge >= 0.3 is 0 Å². The first-order chi connectivity index (χ1) is 11.1. The topological polar surface area (TPSA) is 80.6 Å². The van der Waals surface area contributed by atoms with Gasteiger partial charge in [-0.25, -0.2) is 0 Å². The fraction of sp³-hybridized carbons (Fsp3) is 0.176. The summed E-state index contributed by atoms with van der Waals surface area (Å²) in [5, 5.41) is 11.8. The Hall–Kier alpha value is -3.20. The minimum atomic E-state index is -0.441. The van der Waals surface area contributed by atoms with Crippen molar-refractivity contribution < 1.29 is 19.0 Å². The van der Waals surface area contributed by atoms with Gasteiger partial charge in [-0.2, -0.15) is 5.26 Å². The molecule has 0 bridgehead atoms. The molecule has 6 heteroatoms. The lowest BCUT2D eigenvalue weighted by atomic mass is 10.1. The molecule has 0 fully saturated rings. The number of nitrogens with zero attached hydrogens (tertiary/aromatic N) is 1. The van der Waals surface area contributed by atoms with Crippen molar-refractivity contribution in [2.45, 2.75) is 0 Å². The van der Waals surface area contributed by atoms with E-state index in [1.54, 1.807) is 36.4 Å². The van der Waals surface area contributed by atoms with Crippen molar-refractivity contribution in [1.29, 1.82) is 5.26 Å². The number of ether oxygens (including phenoxy) is 3. The van der Waals surface area contributed by atoms with Gasteiger partial charge in [0.1, 0.15) is 28.9 Å². The Labute approximate surface area is 134 Å². The van der Waals surface area contributed by atoms with Crippen molar-refractivity contribution in [3.05, 3.63) is 47.5 Å². The molecule has 0 atom stereocenters. The molecule has 1 N–H and O–H groups in total. The normalized spacial score (nSPS) is 9.65. The number of nitriles is 1. The Balaban J connectivity index is 2.45. The van der Waals surface area contributed by atoms with Gasteiger partial charge in [0.05, 0.1) is 32.6 Å². The van der Waals surface area contributed by atoms with Gasteiger partial charge < -0.3 is 19.5 Å². The van der Waals surface area contributed by atoms with E-state index >= 15 is 0 Å². The molecule has 2 aromatic rings. The van der Waals surface area contributed by atoms with Gasteiger partial charge in [-0.05, 0) is 12.1 Å². The van der Waals surface area contributed by atoms with Crippen LogP contribution in [-0.4, -0.2) is 27.2 Å². The van der Waals surface area contributed by atoms with E-state index in [-0.39, 0.29) is 5.56 Å². The summed E-state index contributed by atoms with van der Waals surface area (Å²) in [5.74, 6) is 0.693. The second-order valence-electron chi connectivity index (χ2n) is 4.52. The van der Waals surface area contributed by atoms with Gasteiger partial charge in [0.15, 0.2) is 0 Å². The summed E-state index contributed by atoms with van der Waals surface area (Å²) >= 11 is 0. The zero-order valence-electron chi connectivity index (χ0n) is 13.0. The molecule has 118 valence electrons. The predicted molar refractivity (Wildman–Crippen MR) is 85.2 cm³/mol. The quantitative estimate of drug-likeness (QED) is 0.918. The maximum atomic E-state index is 12.6. The van der Waals surface area contributed by atoms with Gasteiger partial charge in [-0.15, -0.1) is 0 Å². The summed E-state index contributed by atoms with van der Waals surface area (Å²) in [6.07, 6.45) is 0. The number of hydrogen-bond acceptors (Lipinski definition) is 5. The first kappa shape index (κ1) is 16.2. The van der Waals surface area contributed by atoms with E-state index in [0.717, 1.165) is 0 Å². The lowest BCUT2D eigenvalue weighted by Crippen LogP contribution is -2.15. The summed E-state index contributed by atoms with van der Waals surface area (Å²) in [6, 6.07) is 11.9. The fourth-order valence-electron chi connectivity index (χ4n) is 2.10. The maximum absolute atomic E-state index is 12.6. The van der Waals surface area contributed by atoms with Crippen LogP contribution in [0, 0.1) is 11.3 Å². The number of nitrogens with one attached hydrogen (secondary N) is 1. The minimum absolute atomic E-state index is 0.226. The first-order valence-corrected chi connectivity index (χ1v) is 6.75. The van der Waals surface area contributed by atoms with Crippen molar-refractivity contribution in [1.82, 2.24) is 0 Å². The number of methoxy groups -OCH3 is 3. The molecule has 1 amide bonds. The van der Waals surface area contributed by atoms with Crippen LogP contribution in [0.5, 0.6) is 17.2 Å². The summed E-state index contributed by atoms with van der Waals surface area (Å²) < 4.78 is 15.7. The monoisotopic (exact) mass is 312 g/mol. The van der Waals surface area contributed by atoms with E-state index in [1.165, 1.54) is 21.3 Å². The van der Waals surface area contributed by atoms with Crippen molar-refractivity contribution in [3.8, 4) is 23.3 Å². The van der Waals surface area contributed by atoms with Gasteiger partial charge in [0.25, 0.3) is 5.91 Å². The number of amides is 1. The maximum Gasteiger partial charge on any atom is 0.263 e. The molecule has 0 heterocycles. The number of hydrogen-bond donors (Lipinski definition) is 1. The Morgan fingerprint density at radius 1 is 1.04 bits per heavy atom. The van der Waals surface area contributed by atoms with Crippen LogP contribution in [0.4, 0.5) is 5.69 Å². The van der Waals surface area contributed by atoms with Crippen LogP contribution in [0.2, 0.25) is 0 Å². The third-order valence-corrected chi connectivity index (χ3v) is 3.24.